The molecule has 6 rings (SSSR count). The Labute approximate surface area is 274 Å². The van der Waals surface area contributed by atoms with Crippen molar-refractivity contribution >= 4 is 28.8 Å². The van der Waals surface area contributed by atoms with E-state index in [0.29, 0.717) is 59.1 Å². The summed E-state index contributed by atoms with van der Waals surface area (Å²) >= 11 is 0. The van der Waals surface area contributed by atoms with Gasteiger partial charge in [-0.3, -0.25) is 9.59 Å². The lowest BCUT2D eigenvalue weighted by Gasteiger charge is -2.25. The maximum absolute atomic E-state index is 12.9. The Morgan fingerprint density at radius 2 is 1.94 bits per heavy atom. The Morgan fingerprint density at radius 1 is 1.11 bits per heavy atom. The van der Waals surface area contributed by atoms with Crippen LogP contribution in [0.15, 0.2) is 28.8 Å². The first-order chi connectivity index (χ1) is 22.6. The number of likely N-dealkylation sites (tertiary alicyclic amines) is 1. The summed E-state index contributed by atoms with van der Waals surface area (Å²) in [5.74, 6) is 3.31. The molecule has 0 bridgehead atoms. The van der Waals surface area contributed by atoms with E-state index < -0.39 is 12.1 Å². The average Bonchev–Trinajstić information content (AvgIpc) is 3.35. The van der Waals surface area contributed by atoms with Crippen molar-refractivity contribution in [2.45, 2.75) is 91.4 Å². The molecule has 3 aliphatic rings. The molecule has 2 unspecified atom stereocenters. The Bertz CT molecular complexity index is 1620. The minimum atomic E-state index is -0.567. The zero-order valence-corrected chi connectivity index (χ0v) is 27.6. The number of carbonyl (C=O) groups is 3. The molecule has 0 spiro atoms. The fraction of sp³-hybridized carbons (Fsp3) is 0.600. The van der Waals surface area contributed by atoms with Crippen molar-refractivity contribution in [1.82, 2.24) is 25.2 Å². The fourth-order valence-corrected chi connectivity index (χ4v) is 7.59. The van der Waals surface area contributed by atoms with Gasteiger partial charge in [-0.2, -0.15) is 0 Å². The van der Waals surface area contributed by atoms with Gasteiger partial charge in [-0.05, 0) is 87.7 Å². The van der Waals surface area contributed by atoms with Gasteiger partial charge in [0.15, 0.2) is 12.4 Å². The molecule has 1 aliphatic heterocycles. The fourth-order valence-electron chi connectivity index (χ4n) is 7.59. The number of alkyl carbamates (subject to hydrolysis) is 1. The summed E-state index contributed by atoms with van der Waals surface area (Å²) in [7, 11) is 0. The maximum atomic E-state index is 12.9. The monoisotopic (exact) mass is 647 g/mol. The first kappa shape index (κ1) is 32.7. The first-order valence-corrected chi connectivity index (χ1v) is 16.9. The van der Waals surface area contributed by atoms with Crippen molar-refractivity contribution in [1.29, 1.82) is 0 Å². The number of nitrogens with one attached hydrogen (secondary N) is 1. The highest BCUT2D eigenvalue weighted by Gasteiger charge is 2.54. The summed E-state index contributed by atoms with van der Waals surface area (Å²) < 4.78 is 17.0. The minimum Gasteiger partial charge on any atom is -0.492 e. The lowest BCUT2D eigenvalue weighted by atomic mass is 9.92. The van der Waals surface area contributed by atoms with Gasteiger partial charge in [0, 0.05) is 12.6 Å². The molecule has 3 aromatic rings. The Balaban J connectivity index is 0.930. The number of carbonyl (C=O) groups excluding carboxylic acids is 3. The van der Waals surface area contributed by atoms with Gasteiger partial charge in [-0.15, -0.1) is 0 Å². The van der Waals surface area contributed by atoms with E-state index in [2.05, 4.69) is 20.3 Å². The van der Waals surface area contributed by atoms with Gasteiger partial charge in [0.1, 0.15) is 29.9 Å². The molecule has 12 nitrogen and oxygen atoms in total. The van der Waals surface area contributed by atoms with Gasteiger partial charge in [0.05, 0.1) is 23.3 Å². The molecule has 2 aliphatic carbocycles. The van der Waals surface area contributed by atoms with Crippen LogP contribution in [0.2, 0.25) is 0 Å². The zero-order chi connectivity index (χ0) is 33.2. The lowest BCUT2D eigenvalue weighted by Crippen LogP contribution is -2.46. The third-order valence-corrected chi connectivity index (χ3v) is 10.3. The average molecular weight is 648 g/mol. The molecule has 1 saturated heterocycles. The molecule has 12 heteroatoms. The third-order valence-electron chi connectivity index (χ3n) is 10.3. The van der Waals surface area contributed by atoms with Crippen molar-refractivity contribution < 1.29 is 33.4 Å². The van der Waals surface area contributed by atoms with E-state index in [0.717, 1.165) is 37.9 Å². The largest absolute Gasteiger partial charge is 0.492 e. The van der Waals surface area contributed by atoms with Crippen LogP contribution in [-0.4, -0.2) is 68.0 Å². The normalized spacial score (nSPS) is 26.3. The molecule has 1 aromatic carbocycles. The van der Waals surface area contributed by atoms with Crippen molar-refractivity contribution in [3.63, 3.8) is 0 Å². The van der Waals surface area contributed by atoms with E-state index in [4.69, 9.17) is 13.9 Å². The van der Waals surface area contributed by atoms with Crippen LogP contribution in [0.5, 0.6) is 11.6 Å². The number of ether oxygens (including phenoxy) is 2. The van der Waals surface area contributed by atoms with Crippen molar-refractivity contribution in [3.8, 4) is 11.6 Å². The number of nitrogens with zero attached hydrogens (tertiary/aromatic N) is 4. The van der Waals surface area contributed by atoms with Crippen LogP contribution in [0.25, 0.3) is 11.0 Å². The number of unbranched alkanes of at least 4 members (excludes halogenated alkanes) is 2. The second kappa shape index (κ2) is 13.9. The Hall–Kier alpha value is -4.22. The van der Waals surface area contributed by atoms with Gasteiger partial charge in [0.25, 0.3) is 0 Å². The van der Waals surface area contributed by atoms with E-state index in [-0.39, 0.29) is 48.7 Å². The number of hydrogen-bond donors (Lipinski definition) is 2. The smallest absolute Gasteiger partial charge is 0.407 e. The number of benzene rings is 1. The molecule has 2 saturated carbocycles. The number of rotatable bonds is 13. The summed E-state index contributed by atoms with van der Waals surface area (Å²) in [6.45, 7) is 7.92. The lowest BCUT2D eigenvalue weighted by molar-refractivity contribution is -0.136. The van der Waals surface area contributed by atoms with E-state index in [1.54, 1.807) is 17.2 Å². The van der Waals surface area contributed by atoms with Gasteiger partial charge in [0.2, 0.25) is 17.7 Å². The zero-order valence-electron chi connectivity index (χ0n) is 27.6. The maximum Gasteiger partial charge on any atom is 0.407 e. The van der Waals surface area contributed by atoms with E-state index in [1.807, 2.05) is 32.9 Å². The van der Waals surface area contributed by atoms with Crippen LogP contribution < -0.4 is 10.1 Å². The number of fused-ring (bicyclic) bond motifs is 2. The van der Waals surface area contributed by atoms with Crippen molar-refractivity contribution in [2.75, 3.05) is 13.1 Å². The predicted octanol–water partition coefficient (Wildman–Crippen LogP) is 5.14. The molecule has 2 aromatic heterocycles. The number of oxazole rings is 1. The number of amides is 2. The molecule has 3 fully saturated rings. The number of ketones is 1. The first-order valence-electron chi connectivity index (χ1n) is 16.9. The molecule has 47 heavy (non-hydrogen) atoms. The highest BCUT2D eigenvalue weighted by Crippen LogP contribution is 2.57. The van der Waals surface area contributed by atoms with Gasteiger partial charge in [-0.25, -0.2) is 19.7 Å². The number of Topliss-reactive ketones (excluding diaryl/α,β-unsaturated/α-hetero) is 1. The number of hydrogen-bond acceptors (Lipinski definition) is 10. The number of aryl methyl sites for hydroxylation is 2. The molecule has 2 N–H and O–H groups in total. The quantitative estimate of drug-likeness (QED) is 0.238. The second-order valence-corrected chi connectivity index (χ2v) is 13.7. The summed E-state index contributed by atoms with van der Waals surface area (Å²) in [6.07, 6.45) is 7.37. The van der Waals surface area contributed by atoms with Crippen LogP contribution in [-0.2, 0) is 27.4 Å². The Kier molecular flexibility index (Phi) is 9.65. The van der Waals surface area contributed by atoms with Crippen LogP contribution >= 0.6 is 0 Å². The third kappa shape index (κ3) is 7.52. The van der Waals surface area contributed by atoms with Crippen LogP contribution in [0.1, 0.15) is 76.6 Å². The van der Waals surface area contributed by atoms with Crippen LogP contribution in [0.3, 0.4) is 0 Å². The number of aromatic hydroxyl groups is 1. The van der Waals surface area contributed by atoms with Gasteiger partial charge in [-0.1, -0.05) is 26.7 Å². The molecular formula is C35H45N5O7. The number of aromatic nitrogens is 3. The molecular weight excluding hydrogens is 602 g/mol. The minimum absolute atomic E-state index is 0.0247. The highest BCUT2D eigenvalue weighted by molar-refractivity contribution is 5.90. The predicted molar refractivity (Wildman–Crippen MR) is 171 cm³/mol. The highest BCUT2D eigenvalue weighted by atomic mass is 16.6. The summed E-state index contributed by atoms with van der Waals surface area (Å²) in [4.78, 5) is 52.4. The van der Waals surface area contributed by atoms with Gasteiger partial charge < -0.3 is 29.2 Å². The SMILES string of the molecule is CC(=O)[C@@H]1[C@H](C)[C@@H](C)CN1C(=O)CNC(=O)O[C@@H]1CC2CC2[C@H]1CCCCCc1nc2ccc(OCc3ncc(C)o3)cc2nc1O. The molecule has 2 amide bonds. The topological polar surface area (TPSA) is 157 Å². The van der Waals surface area contributed by atoms with E-state index in [1.165, 1.54) is 13.3 Å². The van der Waals surface area contributed by atoms with Crippen molar-refractivity contribution in [2.24, 2.45) is 29.6 Å². The standard InChI is InChI=1S/C35H45N5O7/c1-19-17-40(33(21(19)3)22(4)41)32(42)16-37-35(44)47-30-13-23-12-26(23)25(30)8-6-5-7-9-28-34(43)39-29-14-24(10-11-27(29)38-28)45-18-31-36-15-20(2)46-31/h10-11,14-15,19,21,23,25-26,30,33H,5-9,12-13,16-18H2,1-4H3,(H,37,44)(H,39,43)/t19-,21+,23?,25+,26?,30+,33-/m0/s1. The van der Waals surface area contributed by atoms with Crippen molar-refractivity contribution in [3.05, 3.63) is 41.7 Å². The Morgan fingerprint density at radius 3 is 2.70 bits per heavy atom. The molecule has 3 heterocycles. The summed E-state index contributed by atoms with van der Waals surface area (Å²) in [5.41, 5.74) is 1.81. The van der Waals surface area contributed by atoms with Crippen LogP contribution in [0.4, 0.5) is 4.79 Å². The summed E-state index contributed by atoms with van der Waals surface area (Å²) in [5, 5.41) is 13.2. The summed E-state index contributed by atoms with van der Waals surface area (Å²) in [6, 6.07) is 4.95. The molecule has 252 valence electrons. The molecule has 0 radical (unpaired) electrons. The van der Waals surface area contributed by atoms with E-state index >= 15 is 0 Å². The molecule has 7 atom stereocenters. The van der Waals surface area contributed by atoms with Crippen LogP contribution in [0, 0.1) is 36.5 Å². The van der Waals surface area contributed by atoms with E-state index in [9.17, 15) is 19.5 Å². The second-order valence-electron chi connectivity index (χ2n) is 13.7. The van der Waals surface area contributed by atoms with Gasteiger partial charge >= 0.3 is 6.09 Å².